The van der Waals surface area contributed by atoms with E-state index in [1.54, 1.807) is 24.5 Å². The van der Waals surface area contributed by atoms with Gasteiger partial charge < -0.3 is 15.5 Å². The van der Waals surface area contributed by atoms with E-state index in [0.29, 0.717) is 12.2 Å². The summed E-state index contributed by atoms with van der Waals surface area (Å²) in [6, 6.07) is 17.1. The van der Waals surface area contributed by atoms with Crippen LogP contribution in [0, 0.1) is 0 Å². The van der Waals surface area contributed by atoms with Gasteiger partial charge in [-0.1, -0.05) is 24.3 Å². The number of amides is 2. The van der Waals surface area contributed by atoms with Crippen molar-refractivity contribution in [2.45, 2.75) is 24.5 Å². The minimum Gasteiger partial charge on any atom is -0.334 e. The fourth-order valence-electron chi connectivity index (χ4n) is 2.97. The van der Waals surface area contributed by atoms with E-state index in [9.17, 15) is 13.2 Å². The minimum atomic E-state index is -3.67. The lowest BCUT2D eigenvalue weighted by Crippen LogP contribution is -2.28. The van der Waals surface area contributed by atoms with Gasteiger partial charge in [0.2, 0.25) is 10.0 Å². The van der Waals surface area contributed by atoms with Crippen LogP contribution in [0.1, 0.15) is 16.7 Å². The Morgan fingerprint density at radius 1 is 0.844 bits per heavy atom. The highest BCUT2D eigenvalue weighted by Gasteiger charge is 2.14. The van der Waals surface area contributed by atoms with Crippen molar-refractivity contribution in [3.05, 3.63) is 89.7 Å². The summed E-state index contributed by atoms with van der Waals surface area (Å²) in [4.78, 5) is 18.2. The maximum absolute atomic E-state index is 12.6. The Labute approximate surface area is 188 Å². The molecule has 2 amide bonds. The van der Waals surface area contributed by atoms with Gasteiger partial charge in [-0.2, -0.15) is 0 Å². The average Bonchev–Trinajstić information content (AvgIpc) is 2.78. The normalized spacial score (nSPS) is 11.3. The van der Waals surface area contributed by atoms with Gasteiger partial charge in [-0.3, -0.25) is 4.98 Å². The number of carbonyl (C=O) groups excluding carboxylic acids is 1. The summed E-state index contributed by atoms with van der Waals surface area (Å²) in [6.45, 7) is 1.39. The number of aromatic nitrogens is 1. The molecule has 1 aromatic heterocycles. The SMILES string of the molecule is CN(C)Cc1ccc(CNS(=O)(=O)c2ccc(NC(=O)NCc3ccncc3)cc2)cc1. The van der Waals surface area contributed by atoms with Gasteiger partial charge in [-0.25, -0.2) is 17.9 Å². The second-order valence-electron chi connectivity index (χ2n) is 7.57. The Balaban J connectivity index is 1.52. The molecule has 0 bridgehead atoms. The Bertz CT molecular complexity index is 1120. The van der Waals surface area contributed by atoms with Gasteiger partial charge in [0.25, 0.3) is 0 Å². The van der Waals surface area contributed by atoms with Crippen LogP contribution in [0.15, 0.2) is 78.0 Å². The Hall–Kier alpha value is -3.27. The molecule has 2 aromatic carbocycles. The van der Waals surface area contributed by atoms with Gasteiger partial charge in [-0.15, -0.1) is 0 Å². The van der Waals surface area contributed by atoms with E-state index in [1.807, 2.05) is 50.5 Å². The van der Waals surface area contributed by atoms with E-state index in [4.69, 9.17) is 0 Å². The topological polar surface area (TPSA) is 103 Å². The molecular formula is C23H27N5O3S. The van der Waals surface area contributed by atoms with Crippen molar-refractivity contribution < 1.29 is 13.2 Å². The first-order valence-corrected chi connectivity index (χ1v) is 11.6. The minimum absolute atomic E-state index is 0.129. The molecular weight excluding hydrogens is 426 g/mol. The van der Waals surface area contributed by atoms with Gasteiger partial charge >= 0.3 is 6.03 Å². The lowest BCUT2D eigenvalue weighted by atomic mass is 10.1. The average molecular weight is 454 g/mol. The van der Waals surface area contributed by atoms with Crippen LogP contribution in [0.4, 0.5) is 10.5 Å². The molecule has 9 heteroatoms. The number of hydrogen-bond donors (Lipinski definition) is 3. The fourth-order valence-corrected chi connectivity index (χ4v) is 3.98. The summed E-state index contributed by atoms with van der Waals surface area (Å²) in [6.07, 6.45) is 3.31. The number of pyridine rings is 1. The summed E-state index contributed by atoms with van der Waals surface area (Å²) < 4.78 is 27.8. The summed E-state index contributed by atoms with van der Waals surface area (Å²) >= 11 is 0. The molecule has 168 valence electrons. The Morgan fingerprint density at radius 2 is 1.44 bits per heavy atom. The molecule has 1 heterocycles. The Morgan fingerprint density at radius 3 is 2.06 bits per heavy atom. The lowest BCUT2D eigenvalue weighted by molar-refractivity contribution is 0.251. The number of hydrogen-bond acceptors (Lipinski definition) is 5. The number of nitrogens with zero attached hydrogens (tertiary/aromatic N) is 2. The van der Waals surface area contributed by atoms with Crippen LogP contribution in [0.25, 0.3) is 0 Å². The van der Waals surface area contributed by atoms with Gasteiger partial charge in [0.05, 0.1) is 4.90 Å². The van der Waals surface area contributed by atoms with Gasteiger partial charge in [-0.05, 0) is 67.2 Å². The van der Waals surface area contributed by atoms with E-state index in [0.717, 1.165) is 23.2 Å². The first-order valence-electron chi connectivity index (χ1n) is 10.1. The van der Waals surface area contributed by atoms with Crippen LogP contribution < -0.4 is 15.4 Å². The summed E-state index contributed by atoms with van der Waals surface area (Å²) in [5.41, 5.74) is 3.46. The van der Waals surface area contributed by atoms with Crippen LogP contribution in [0.2, 0.25) is 0 Å². The molecule has 0 atom stereocenters. The van der Waals surface area contributed by atoms with Crippen molar-refractivity contribution in [1.82, 2.24) is 19.9 Å². The van der Waals surface area contributed by atoms with Crippen LogP contribution >= 0.6 is 0 Å². The molecule has 0 aliphatic rings. The third-order valence-electron chi connectivity index (χ3n) is 4.61. The summed E-state index contributed by atoms with van der Waals surface area (Å²) in [5, 5.41) is 5.42. The molecule has 3 rings (SSSR count). The molecule has 0 radical (unpaired) electrons. The fraction of sp³-hybridized carbons (Fsp3) is 0.217. The van der Waals surface area contributed by atoms with Crippen molar-refractivity contribution in [1.29, 1.82) is 0 Å². The third-order valence-corrected chi connectivity index (χ3v) is 6.03. The van der Waals surface area contributed by atoms with Crippen molar-refractivity contribution in [2.75, 3.05) is 19.4 Å². The van der Waals surface area contributed by atoms with Gasteiger partial charge in [0, 0.05) is 37.7 Å². The third kappa shape index (κ3) is 7.16. The van der Waals surface area contributed by atoms with Crippen molar-refractivity contribution in [3.63, 3.8) is 0 Å². The largest absolute Gasteiger partial charge is 0.334 e. The van der Waals surface area contributed by atoms with E-state index in [2.05, 4.69) is 25.2 Å². The quantitative estimate of drug-likeness (QED) is 0.462. The number of carbonyl (C=O) groups is 1. The predicted octanol–water partition coefficient (Wildman–Crippen LogP) is 2.94. The standard InChI is InChI=1S/C23H27N5O3S/c1-28(2)17-20-5-3-18(4-6-20)16-26-32(30,31)22-9-7-21(8-10-22)27-23(29)25-15-19-11-13-24-14-12-19/h3-14,26H,15-17H2,1-2H3,(H2,25,27,29). The maximum atomic E-state index is 12.6. The van der Waals surface area contributed by atoms with Crippen molar-refractivity contribution in [2.24, 2.45) is 0 Å². The number of sulfonamides is 1. The van der Waals surface area contributed by atoms with Crippen LogP contribution in [0.3, 0.4) is 0 Å². The van der Waals surface area contributed by atoms with Crippen molar-refractivity contribution in [3.8, 4) is 0 Å². The summed E-state index contributed by atoms with van der Waals surface area (Å²) in [7, 11) is 0.324. The molecule has 0 saturated heterocycles. The van der Waals surface area contributed by atoms with Crippen LogP contribution in [-0.4, -0.2) is 38.4 Å². The first-order chi connectivity index (χ1) is 15.3. The smallest absolute Gasteiger partial charge is 0.319 e. The highest BCUT2D eigenvalue weighted by molar-refractivity contribution is 7.89. The second kappa shape index (κ2) is 10.9. The molecule has 0 aliphatic heterocycles. The zero-order chi connectivity index (χ0) is 23.0. The monoisotopic (exact) mass is 453 g/mol. The van der Waals surface area contributed by atoms with E-state index in [-0.39, 0.29) is 17.5 Å². The number of anilines is 1. The number of rotatable bonds is 9. The molecule has 0 aliphatic carbocycles. The highest BCUT2D eigenvalue weighted by atomic mass is 32.2. The predicted molar refractivity (Wildman–Crippen MR) is 124 cm³/mol. The zero-order valence-electron chi connectivity index (χ0n) is 18.1. The summed E-state index contributed by atoms with van der Waals surface area (Å²) in [5.74, 6) is 0. The second-order valence-corrected chi connectivity index (χ2v) is 9.33. The molecule has 3 N–H and O–H groups in total. The van der Waals surface area contributed by atoms with E-state index >= 15 is 0 Å². The zero-order valence-corrected chi connectivity index (χ0v) is 18.9. The molecule has 0 unspecified atom stereocenters. The van der Waals surface area contributed by atoms with Gasteiger partial charge in [0.1, 0.15) is 0 Å². The number of nitrogens with one attached hydrogen (secondary N) is 3. The Kier molecular flexibility index (Phi) is 7.93. The first kappa shape index (κ1) is 23.4. The highest BCUT2D eigenvalue weighted by Crippen LogP contribution is 2.15. The molecule has 0 saturated carbocycles. The lowest BCUT2D eigenvalue weighted by Gasteiger charge is -2.11. The number of benzene rings is 2. The van der Waals surface area contributed by atoms with E-state index in [1.165, 1.54) is 12.1 Å². The van der Waals surface area contributed by atoms with Crippen molar-refractivity contribution >= 4 is 21.7 Å². The molecule has 32 heavy (non-hydrogen) atoms. The van der Waals surface area contributed by atoms with Gasteiger partial charge in [0.15, 0.2) is 0 Å². The molecule has 8 nitrogen and oxygen atoms in total. The number of urea groups is 1. The van der Waals surface area contributed by atoms with E-state index < -0.39 is 10.0 Å². The van der Waals surface area contributed by atoms with Crippen LogP contribution in [-0.2, 0) is 29.7 Å². The molecule has 0 spiro atoms. The molecule has 0 fully saturated rings. The van der Waals surface area contributed by atoms with Crippen LogP contribution in [0.5, 0.6) is 0 Å². The maximum Gasteiger partial charge on any atom is 0.319 e. The molecule has 3 aromatic rings.